The molecule has 3 heterocycles. The minimum atomic E-state index is 0.155. The number of para-hydroxylation sites is 2. The maximum Gasteiger partial charge on any atom is 0.159 e. The fraction of sp³-hybridized carbons (Fsp3) is 0. The SMILES string of the molecule is [B]c1c([B])c([B])c2c(c1[B])c1c([B])c(-c3ccc4c(c3)c3ccc(-c5ccccc5)cc3n4-c3cccc(-c4ccccc4)c3)c([B])c([B])c1n2-c1cccc2c1oc1ccccc12. The molecule has 0 N–H and O–H groups in total. The molecule has 10 heteroatoms. The highest BCUT2D eigenvalue weighted by molar-refractivity contribution is 6.69. The zero-order valence-electron chi connectivity index (χ0n) is 34.4. The van der Waals surface area contributed by atoms with Crippen LogP contribution >= 0.6 is 0 Å². The van der Waals surface area contributed by atoms with Crippen molar-refractivity contribution in [2.45, 2.75) is 0 Å². The summed E-state index contributed by atoms with van der Waals surface area (Å²) in [6.45, 7) is 0. The lowest BCUT2D eigenvalue weighted by molar-refractivity contribution is 0.666. The summed E-state index contributed by atoms with van der Waals surface area (Å²) in [4.78, 5) is 0. The number of fused-ring (bicyclic) bond motifs is 9. The molecule has 3 aromatic heterocycles. The van der Waals surface area contributed by atoms with E-state index in [1.54, 1.807) is 0 Å². The largest absolute Gasteiger partial charge is 0.454 e. The zero-order chi connectivity index (χ0) is 43.5. The van der Waals surface area contributed by atoms with Crippen LogP contribution in [-0.4, -0.2) is 64.1 Å². The number of rotatable bonds is 5. The van der Waals surface area contributed by atoms with E-state index < -0.39 is 0 Å². The normalized spacial score (nSPS) is 11.9. The molecule has 0 aliphatic carbocycles. The lowest BCUT2D eigenvalue weighted by Gasteiger charge is -2.19. The van der Waals surface area contributed by atoms with E-state index in [2.05, 4.69) is 108 Å². The Labute approximate surface area is 379 Å². The van der Waals surface area contributed by atoms with E-state index in [1.165, 1.54) is 0 Å². The molecule has 280 valence electrons. The molecule has 12 aromatic rings. The molecule has 0 bridgehead atoms. The van der Waals surface area contributed by atoms with Gasteiger partial charge in [0.05, 0.1) is 16.7 Å². The average Bonchev–Trinajstić information content (AvgIpc) is 4.01. The topological polar surface area (TPSA) is 23.0 Å². The van der Waals surface area contributed by atoms with Crippen LogP contribution in [0.3, 0.4) is 0 Å². The van der Waals surface area contributed by atoms with Gasteiger partial charge in [-0.3, -0.25) is 0 Å². The Morgan fingerprint density at radius 3 is 1.69 bits per heavy atom. The Hall–Kier alpha value is -7.17. The summed E-state index contributed by atoms with van der Waals surface area (Å²) in [6.07, 6.45) is 0. The summed E-state index contributed by atoms with van der Waals surface area (Å²) in [5, 5.41) is 5.00. The van der Waals surface area contributed by atoms with Crippen molar-refractivity contribution in [3.8, 4) is 44.8 Å². The van der Waals surface area contributed by atoms with E-state index in [0.717, 1.165) is 71.7 Å². The number of benzene rings is 9. The van der Waals surface area contributed by atoms with Crippen LogP contribution in [0.25, 0.3) is 110 Å². The second-order valence-corrected chi connectivity index (χ2v) is 16.4. The molecule has 3 nitrogen and oxygen atoms in total. The lowest BCUT2D eigenvalue weighted by Crippen LogP contribution is -2.48. The number of furan rings is 1. The fourth-order valence-electron chi connectivity index (χ4n) is 9.87. The quantitative estimate of drug-likeness (QED) is 0.187. The van der Waals surface area contributed by atoms with Gasteiger partial charge in [-0.1, -0.05) is 149 Å². The van der Waals surface area contributed by atoms with E-state index in [0.29, 0.717) is 49.6 Å². The van der Waals surface area contributed by atoms with Crippen LogP contribution in [0.2, 0.25) is 0 Å². The molecule has 64 heavy (non-hydrogen) atoms. The molecule has 0 aliphatic rings. The molecule has 0 atom stereocenters. The van der Waals surface area contributed by atoms with Gasteiger partial charge in [-0.05, 0) is 81.2 Å². The minimum Gasteiger partial charge on any atom is -0.454 e. The highest BCUT2D eigenvalue weighted by Gasteiger charge is 2.26. The van der Waals surface area contributed by atoms with Gasteiger partial charge in [0.15, 0.2) is 5.58 Å². The standard InChI is InChI=1S/C54H27B7N2O/c55-45-42(46(56)50(60)52-43(45)44-47(57)48(58)49(59)51(61)53(44)63(52)39-19-10-18-36-35-17-7-8-20-41(35)64-54(36)39)32-22-24-38-37(26-32)34-23-21-31(29-13-5-2-6-14-29)27-40(34)62(38)33-16-9-15-30(25-33)28-11-3-1-4-12-28/h1-27H. The first-order chi connectivity index (χ1) is 31.2. The highest BCUT2D eigenvalue weighted by atomic mass is 16.3. The summed E-state index contributed by atoms with van der Waals surface area (Å²) in [5.74, 6) is 0. The van der Waals surface area contributed by atoms with E-state index >= 15 is 0 Å². The molecule has 0 aliphatic heterocycles. The van der Waals surface area contributed by atoms with Gasteiger partial charge >= 0.3 is 0 Å². The van der Waals surface area contributed by atoms with E-state index in [-0.39, 0.29) is 27.3 Å². The van der Waals surface area contributed by atoms with Crippen molar-refractivity contribution in [1.82, 2.24) is 9.13 Å². The van der Waals surface area contributed by atoms with E-state index in [4.69, 9.17) is 59.3 Å². The number of hydrogen-bond donors (Lipinski definition) is 0. The van der Waals surface area contributed by atoms with Crippen LogP contribution < -0.4 is 38.2 Å². The van der Waals surface area contributed by atoms with Gasteiger partial charge in [0.25, 0.3) is 0 Å². The maximum absolute atomic E-state index is 7.42. The van der Waals surface area contributed by atoms with E-state index in [1.807, 2.05) is 65.2 Å². The monoisotopic (exact) mass is 796 g/mol. The molecular formula is C54H27B7N2O. The van der Waals surface area contributed by atoms with Gasteiger partial charge in [0.2, 0.25) is 0 Å². The Kier molecular flexibility index (Phi) is 8.69. The third-order valence-electron chi connectivity index (χ3n) is 12.9. The van der Waals surface area contributed by atoms with Crippen molar-refractivity contribution >= 4 is 159 Å². The van der Waals surface area contributed by atoms with Gasteiger partial charge in [0.1, 0.15) is 60.5 Å². The molecule has 0 unspecified atom stereocenters. The molecule has 0 saturated heterocycles. The summed E-state index contributed by atoms with van der Waals surface area (Å²) in [6, 6.07) is 56.2. The van der Waals surface area contributed by atoms with Crippen LogP contribution in [0.5, 0.6) is 0 Å². The first-order valence-corrected chi connectivity index (χ1v) is 21.0. The van der Waals surface area contributed by atoms with Crippen molar-refractivity contribution in [3.05, 3.63) is 164 Å². The number of aromatic nitrogens is 2. The van der Waals surface area contributed by atoms with Gasteiger partial charge in [-0.15, -0.1) is 10.9 Å². The van der Waals surface area contributed by atoms with Gasteiger partial charge in [0, 0.05) is 43.7 Å². The predicted octanol–water partition coefficient (Wildman–Crippen LogP) is 6.34. The van der Waals surface area contributed by atoms with Crippen LogP contribution in [0, 0.1) is 0 Å². The van der Waals surface area contributed by atoms with Crippen LogP contribution in [-0.2, 0) is 0 Å². The molecule has 0 spiro atoms. The first-order valence-electron chi connectivity index (χ1n) is 21.0. The van der Waals surface area contributed by atoms with Crippen molar-refractivity contribution in [2.24, 2.45) is 0 Å². The van der Waals surface area contributed by atoms with Crippen molar-refractivity contribution in [2.75, 3.05) is 0 Å². The minimum absolute atomic E-state index is 0.155. The second kappa shape index (κ2) is 14.4. The fourth-order valence-corrected chi connectivity index (χ4v) is 9.87. The average molecular weight is 796 g/mol. The Morgan fingerprint density at radius 2 is 0.938 bits per heavy atom. The molecular weight excluding hydrogens is 768 g/mol. The Balaban J connectivity index is 1.14. The summed E-state index contributed by atoms with van der Waals surface area (Å²) in [5.41, 5.74) is 13.6. The second-order valence-electron chi connectivity index (χ2n) is 16.4. The smallest absolute Gasteiger partial charge is 0.159 e. The van der Waals surface area contributed by atoms with Gasteiger partial charge in [-0.2, -0.15) is 0 Å². The lowest BCUT2D eigenvalue weighted by atomic mass is 9.64. The number of nitrogens with zero attached hydrogens (tertiary/aromatic N) is 2. The number of hydrogen-bond acceptors (Lipinski definition) is 1. The Morgan fingerprint density at radius 1 is 0.344 bits per heavy atom. The van der Waals surface area contributed by atoms with Gasteiger partial charge in [-0.25, -0.2) is 0 Å². The third-order valence-corrected chi connectivity index (χ3v) is 12.9. The first kappa shape index (κ1) is 38.5. The van der Waals surface area contributed by atoms with Gasteiger partial charge < -0.3 is 13.6 Å². The Bertz CT molecular complexity index is 3930. The van der Waals surface area contributed by atoms with E-state index in [9.17, 15) is 0 Å². The molecule has 0 saturated carbocycles. The molecule has 14 radical (unpaired) electrons. The van der Waals surface area contributed by atoms with Crippen molar-refractivity contribution < 1.29 is 4.42 Å². The predicted molar refractivity (Wildman–Crippen MR) is 276 cm³/mol. The molecule has 0 fully saturated rings. The molecule has 12 rings (SSSR count). The maximum atomic E-state index is 7.42. The highest BCUT2D eigenvalue weighted by Crippen LogP contribution is 2.40. The zero-order valence-corrected chi connectivity index (χ0v) is 34.4. The van der Waals surface area contributed by atoms with Crippen LogP contribution in [0.1, 0.15) is 0 Å². The molecule has 0 amide bonds. The van der Waals surface area contributed by atoms with Crippen molar-refractivity contribution in [1.29, 1.82) is 0 Å². The summed E-state index contributed by atoms with van der Waals surface area (Å²) in [7, 11) is 48.9. The van der Waals surface area contributed by atoms with Crippen molar-refractivity contribution in [3.63, 3.8) is 0 Å². The third kappa shape index (κ3) is 5.51. The molecule has 9 aromatic carbocycles. The summed E-state index contributed by atoms with van der Waals surface area (Å²) < 4.78 is 10.8. The summed E-state index contributed by atoms with van der Waals surface area (Å²) >= 11 is 0. The van der Waals surface area contributed by atoms with Crippen LogP contribution in [0.4, 0.5) is 0 Å². The van der Waals surface area contributed by atoms with Crippen LogP contribution in [0.15, 0.2) is 168 Å².